The lowest BCUT2D eigenvalue weighted by atomic mass is 10.1. The minimum Gasteiger partial charge on any atom is -0.315 e. The highest BCUT2D eigenvalue weighted by Gasteiger charge is 2.47. The molecule has 0 aliphatic carbocycles. The molecule has 0 saturated carbocycles. The van der Waals surface area contributed by atoms with E-state index in [1.54, 1.807) is 36.0 Å². The topological polar surface area (TPSA) is 49.7 Å². The normalized spacial score (nSPS) is 23.4. The maximum atomic E-state index is 12.1. The lowest BCUT2D eigenvalue weighted by molar-refractivity contribution is 0.601. The molecule has 0 amide bonds. The average molecular weight is 462 g/mol. The second kappa shape index (κ2) is 7.48. The Bertz CT molecular complexity index is 1010. The summed E-state index contributed by atoms with van der Waals surface area (Å²) in [5, 5.41) is 2.63. The van der Waals surface area contributed by atoms with Crippen molar-refractivity contribution in [3.05, 3.63) is 63.1 Å². The van der Waals surface area contributed by atoms with E-state index in [9.17, 15) is 8.42 Å². The Hall–Kier alpha value is -0.920. The molecule has 1 fully saturated rings. The summed E-state index contributed by atoms with van der Waals surface area (Å²) in [4.78, 5) is 6.73. The van der Waals surface area contributed by atoms with E-state index in [0.717, 1.165) is 16.4 Å². The van der Waals surface area contributed by atoms with Gasteiger partial charge in [0, 0.05) is 26.5 Å². The summed E-state index contributed by atoms with van der Waals surface area (Å²) in [5.41, 5.74) is 1.84. The molecular weight excluding hydrogens is 447 g/mol. The number of thioether (sulfide) groups is 1. The number of sulfone groups is 1. The number of rotatable bonds is 3. The van der Waals surface area contributed by atoms with Crippen LogP contribution >= 0.6 is 46.6 Å². The summed E-state index contributed by atoms with van der Waals surface area (Å²) >= 11 is 19.8. The Kier molecular flexibility index (Phi) is 5.38. The van der Waals surface area contributed by atoms with Crippen molar-refractivity contribution < 1.29 is 8.42 Å². The number of halogens is 3. The van der Waals surface area contributed by atoms with Gasteiger partial charge < -0.3 is 4.90 Å². The Morgan fingerprint density at radius 1 is 1.04 bits per heavy atom. The minimum absolute atomic E-state index is 0.0908. The fourth-order valence-electron chi connectivity index (χ4n) is 3.32. The number of amidine groups is 1. The van der Waals surface area contributed by atoms with Crippen LogP contribution in [0.15, 0.2) is 47.5 Å². The van der Waals surface area contributed by atoms with Gasteiger partial charge in [0.25, 0.3) is 0 Å². The zero-order chi connectivity index (χ0) is 19.2. The van der Waals surface area contributed by atoms with Crippen LogP contribution in [-0.4, -0.2) is 37.2 Å². The molecule has 9 heteroatoms. The van der Waals surface area contributed by atoms with Crippen LogP contribution in [0.4, 0.5) is 5.69 Å². The molecule has 27 heavy (non-hydrogen) atoms. The fraction of sp³-hybridized carbons (Fsp3) is 0.278. The average Bonchev–Trinajstić information content (AvgIpc) is 3.06. The summed E-state index contributed by atoms with van der Waals surface area (Å²) < 4.78 is 24.2. The summed E-state index contributed by atoms with van der Waals surface area (Å²) in [5.74, 6) is 0.814. The zero-order valence-corrected chi connectivity index (χ0v) is 17.9. The summed E-state index contributed by atoms with van der Waals surface area (Å²) in [6.45, 7) is 0. The molecule has 0 N–H and O–H groups in total. The second-order valence-electron chi connectivity index (χ2n) is 6.49. The van der Waals surface area contributed by atoms with Crippen molar-refractivity contribution in [2.75, 3.05) is 16.4 Å². The zero-order valence-electron chi connectivity index (χ0n) is 14.0. The summed E-state index contributed by atoms with van der Waals surface area (Å²) in [7, 11) is -3.08. The van der Waals surface area contributed by atoms with Gasteiger partial charge in [0.2, 0.25) is 0 Å². The van der Waals surface area contributed by atoms with Gasteiger partial charge in [-0.15, -0.1) is 0 Å². The molecule has 2 aliphatic rings. The molecule has 0 spiro atoms. The number of hydrogen-bond donors (Lipinski definition) is 0. The van der Waals surface area contributed by atoms with E-state index in [2.05, 4.69) is 0 Å². The Morgan fingerprint density at radius 2 is 1.74 bits per heavy atom. The highest BCUT2D eigenvalue weighted by Crippen LogP contribution is 2.37. The SMILES string of the molecule is O=S1(=O)C[C@@H]2N=C(SCc3ccc(Cl)cc3Cl)N(c3ccc(Cl)cc3)[C@@H]2C1. The van der Waals surface area contributed by atoms with Gasteiger partial charge in [-0.2, -0.15) is 0 Å². The van der Waals surface area contributed by atoms with Crippen molar-refractivity contribution in [1.29, 1.82) is 0 Å². The van der Waals surface area contributed by atoms with Crippen LogP contribution in [0.3, 0.4) is 0 Å². The van der Waals surface area contributed by atoms with E-state index in [0.29, 0.717) is 20.8 Å². The molecule has 0 bridgehead atoms. The standard InChI is InChI=1S/C18H15Cl3N2O2S2/c19-12-3-5-14(6-4-12)23-17-10-27(24,25)9-16(17)22-18(23)26-8-11-1-2-13(20)7-15(11)21/h1-7,16-17H,8-10H2/t16-,17+/m0/s1. The maximum Gasteiger partial charge on any atom is 0.164 e. The monoisotopic (exact) mass is 460 g/mol. The number of anilines is 1. The molecule has 0 unspecified atom stereocenters. The molecule has 2 aromatic rings. The first-order chi connectivity index (χ1) is 12.8. The highest BCUT2D eigenvalue weighted by atomic mass is 35.5. The van der Waals surface area contributed by atoms with E-state index in [1.165, 1.54) is 0 Å². The third-order valence-corrected chi connectivity index (χ3v) is 8.14. The number of nitrogens with zero attached hydrogens (tertiary/aromatic N) is 2. The molecule has 1 saturated heterocycles. The third-order valence-electron chi connectivity index (χ3n) is 4.58. The lowest BCUT2D eigenvalue weighted by Crippen LogP contribution is -2.39. The van der Waals surface area contributed by atoms with Crippen LogP contribution in [0, 0.1) is 0 Å². The molecule has 2 aliphatic heterocycles. The van der Waals surface area contributed by atoms with Crippen LogP contribution in [0.5, 0.6) is 0 Å². The predicted octanol–water partition coefficient (Wildman–Crippen LogP) is 4.92. The molecule has 4 nitrogen and oxygen atoms in total. The maximum absolute atomic E-state index is 12.1. The van der Waals surface area contributed by atoms with Crippen LogP contribution < -0.4 is 4.90 Å². The first kappa shape index (κ1) is 19.4. The Morgan fingerprint density at radius 3 is 2.44 bits per heavy atom. The molecule has 142 valence electrons. The summed E-state index contributed by atoms with van der Waals surface area (Å²) in [6, 6.07) is 12.4. The Labute approximate surface area is 177 Å². The summed E-state index contributed by atoms with van der Waals surface area (Å²) in [6.07, 6.45) is 0. The predicted molar refractivity (Wildman–Crippen MR) is 115 cm³/mol. The fourth-order valence-corrected chi connectivity index (χ4v) is 6.97. The van der Waals surface area contributed by atoms with E-state index in [-0.39, 0.29) is 23.6 Å². The van der Waals surface area contributed by atoms with E-state index in [4.69, 9.17) is 39.8 Å². The Balaban J connectivity index is 1.61. The van der Waals surface area contributed by atoms with Gasteiger partial charge in [-0.3, -0.25) is 4.99 Å². The van der Waals surface area contributed by atoms with Crippen molar-refractivity contribution >= 4 is 67.3 Å². The largest absolute Gasteiger partial charge is 0.315 e. The van der Waals surface area contributed by atoms with E-state index < -0.39 is 9.84 Å². The molecule has 2 atom stereocenters. The quantitative estimate of drug-likeness (QED) is 0.651. The van der Waals surface area contributed by atoms with Crippen molar-refractivity contribution in [2.24, 2.45) is 4.99 Å². The number of benzene rings is 2. The van der Waals surface area contributed by atoms with Gasteiger partial charge in [0.05, 0.1) is 23.6 Å². The number of hydrogen-bond acceptors (Lipinski definition) is 5. The molecule has 2 heterocycles. The lowest BCUT2D eigenvalue weighted by Gasteiger charge is -2.26. The van der Waals surface area contributed by atoms with E-state index >= 15 is 0 Å². The van der Waals surface area contributed by atoms with E-state index in [1.807, 2.05) is 23.1 Å². The van der Waals surface area contributed by atoms with Gasteiger partial charge in [-0.05, 0) is 42.0 Å². The third kappa shape index (κ3) is 4.10. The molecule has 2 aromatic carbocycles. The van der Waals surface area contributed by atoms with Crippen molar-refractivity contribution in [2.45, 2.75) is 17.8 Å². The van der Waals surface area contributed by atoms with Gasteiger partial charge in [0.1, 0.15) is 0 Å². The van der Waals surface area contributed by atoms with Crippen LogP contribution in [0.1, 0.15) is 5.56 Å². The van der Waals surface area contributed by atoms with Gasteiger partial charge in [-0.1, -0.05) is 52.6 Å². The highest BCUT2D eigenvalue weighted by molar-refractivity contribution is 8.13. The molecule has 0 aromatic heterocycles. The molecular formula is C18H15Cl3N2O2S2. The first-order valence-electron chi connectivity index (χ1n) is 8.22. The minimum atomic E-state index is -3.08. The van der Waals surface area contributed by atoms with Gasteiger partial charge >= 0.3 is 0 Å². The van der Waals surface area contributed by atoms with Crippen molar-refractivity contribution in [3.8, 4) is 0 Å². The van der Waals surface area contributed by atoms with Crippen LogP contribution in [0.25, 0.3) is 0 Å². The van der Waals surface area contributed by atoms with Gasteiger partial charge in [-0.25, -0.2) is 8.42 Å². The van der Waals surface area contributed by atoms with Gasteiger partial charge in [0.15, 0.2) is 15.0 Å². The first-order valence-corrected chi connectivity index (χ1v) is 12.2. The smallest absolute Gasteiger partial charge is 0.164 e. The van der Waals surface area contributed by atoms with Crippen LogP contribution in [0.2, 0.25) is 15.1 Å². The van der Waals surface area contributed by atoms with Crippen LogP contribution in [-0.2, 0) is 15.6 Å². The molecule has 4 rings (SSSR count). The van der Waals surface area contributed by atoms with Crippen molar-refractivity contribution in [3.63, 3.8) is 0 Å². The molecule has 0 radical (unpaired) electrons. The number of fused-ring (bicyclic) bond motifs is 1. The second-order valence-corrected chi connectivity index (χ2v) is 10.9. The van der Waals surface area contributed by atoms with Crippen molar-refractivity contribution in [1.82, 2.24) is 0 Å². The number of aliphatic imine (C=N–C) groups is 1.